The first-order chi connectivity index (χ1) is 11.3. The number of furan rings is 1. The summed E-state index contributed by atoms with van der Waals surface area (Å²) in [4.78, 5) is 26.2. The second-order valence-corrected chi connectivity index (χ2v) is 6.69. The highest BCUT2D eigenvalue weighted by Gasteiger charge is 2.18. The second kappa shape index (κ2) is 7.44. The Balaban J connectivity index is 2.11. The highest BCUT2D eigenvalue weighted by atomic mass is 32.2. The lowest BCUT2D eigenvalue weighted by molar-refractivity contribution is 0.0598. The Labute approximate surface area is 142 Å². The van der Waals surface area contributed by atoms with Gasteiger partial charge in [0.25, 0.3) is 5.91 Å². The average molecular weight is 349 g/mol. The molecule has 2 rings (SSSR count). The summed E-state index contributed by atoms with van der Waals surface area (Å²) >= 11 is 0. The molecule has 2 aromatic rings. The molecule has 0 radical (unpaired) electrons. The number of hydrogen-bond acceptors (Lipinski definition) is 5. The van der Waals surface area contributed by atoms with Crippen LogP contribution in [0.25, 0.3) is 0 Å². The molecule has 1 heterocycles. The van der Waals surface area contributed by atoms with Gasteiger partial charge in [-0.2, -0.15) is 0 Å². The van der Waals surface area contributed by atoms with Gasteiger partial charge in [-0.15, -0.1) is 0 Å². The minimum absolute atomic E-state index is 0.197. The normalized spacial score (nSPS) is 11.8. The molecule has 0 aliphatic rings. The van der Waals surface area contributed by atoms with E-state index in [9.17, 15) is 13.8 Å². The summed E-state index contributed by atoms with van der Waals surface area (Å²) in [7, 11) is 1.86. The van der Waals surface area contributed by atoms with Crippen LogP contribution in [0.15, 0.2) is 39.6 Å². The molecule has 0 aliphatic heterocycles. The van der Waals surface area contributed by atoms with Gasteiger partial charge in [-0.1, -0.05) is 0 Å². The van der Waals surface area contributed by atoms with Crippen LogP contribution in [-0.4, -0.2) is 41.4 Å². The van der Waals surface area contributed by atoms with E-state index < -0.39 is 16.8 Å². The van der Waals surface area contributed by atoms with Gasteiger partial charge in [0.05, 0.1) is 13.7 Å². The van der Waals surface area contributed by atoms with Crippen LogP contribution in [0.5, 0.6) is 0 Å². The number of rotatable bonds is 5. The molecule has 1 aromatic heterocycles. The summed E-state index contributed by atoms with van der Waals surface area (Å²) < 4.78 is 21.6. The smallest absolute Gasteiger partial charge is 0.341 e. The molecule has 0 saturated heterocycles. The Bertz CT molecular complexity index is 779. The van der Waals surface area contributed by atoms with Crippen LogP contribution in [0.4, 0.5) is 0 Å². The number of nitrogens with zero attached hydrogens (tertiary/aromatic N) is 1. The number of hydrogen-bond donors (Lipinski definition) is 0. The van der Waals surface area contributed by atoms with E-state index >= 15 is 0 Å². The third-order valence-corrected chi connectivity index (χ3v) is 4.48. The zero-order chi connectivity index (χ0) is 17.9. The molecular weight excluding hydrogens is 330 g/mol. The van der Waals surface area contributed by atoms with Crippen molar-refractivity contribution in [2.45, 2.75) is 18.4 Å². The van der Waals surface area contributed by atoms with Crippen LogP contribution in [-0.2, 0) is 22.1 Å². The molecule has 0 fully saturated rings. The Kier molecular flexibility index (Phi) is 5.56. The quantitative estimate of drug-likeness (QED) is 0.775. The first-order valence-corrected chi connectivity index (χ1v) is 8.76. The van der Waals surface area contributed by atoms with E-state index in [0.29, 0.717) is 27.5 Å². The highest BCUT2D eigenvalue weighted by molar-refractivity contribution is 7.84. The van der Waals surface area contributed by atoms with Crippen LogP contribution in [0.2, 0.25) is 0 Å². The van der Waals surface area contributed by atoms with E-state index in [1.165, 1.54) is 12.0 Å². The maximum absolute atomic E-state index is 12.4. The second-order valence-electron chi connectivity index (χ2n) is 5.31. The van der Waals surface area contributed by atoms with Crippen molar-refractivity contribution in [2.75, 3.05) is 20.4 Å². The fraction of sp³-hybridized carbons (Fsp3) is 0.294. The molecule has 6 nitrogen and oxygen atoms in total. The number of benzene rings is 1. The maximum Gasteiger partial charge on any atom is 0.341 e. The monoisotopic (exact) mass is 349 g/mol. The predicted molar refractivity (Wildman–Crippen MR) is 89.4 cm³/mol. The fourth-order valence-electron chi connectivity index (χ4n) is 2.25. The lowest BCUT2D eigenvalue weighted by Crippen LogP contribution is -2.26. The number of esters is 1. The van der Waals surface area contributed by atoms with Gasteiger partial charge in [0.15, 0.2) is 0 Å². The van der Waals surface area contributed by atoms with E-state index in [1.807, 2.05) is 0 Å². The van der Waals surface area contributed by atoms with Gasteiger partial charge in [0, 0.05) is 34.6 Å². The van der Waals surface area contributed by atoms with E-state index in [2.05, 4.69) is 4.74 Å². The summed E-state index contributed by atoms with van der Waals surface area (Å²) in [6.07, 6.45) is 1.58. The molecule has 7 heteroatoms. The van der Waals surface area contributed by atoms with Gasteiger partial charge in [-0.05, 0) is 37.3 Å². The standard InChI is InChI=1S/C17H19NO5S/c1-11-15(17(20)22-3)9-13(23-11)10-18(2)16(19)12-5-7-14(8-6-12)24(4)21/h5-9H,10H2,1-4H3. The third-order valence-electron chi connectivity index (χ3n) is 3.55. The Morgan fingerprint density at radius 2 is 1.88 bits per heavy atom. The van der Waals surface area contributed by atoms with E-state index in [-0.39, 0.29) is 12.5 Å². The topological polar surface area (TPSA) is 76.8 Å². The van der Waals surface area contributed by atoms with Crippen molar-refractivity contribution in [2.24, 2.45) is 0 Å². The highest BCUT2D eigenvalue weighted by Crippen LogP contribution is 2.18. The molecular formula is C17H19NO5S. The van der Waals surface area contributed by atoms with Gasteiger partial charge in [0.2, 0.25) is 0 Å². The van der Waals surface area contributed by atoms with Gasteiger partial charge in [-0.25, -0.2) is 4.79 Å². The van der Waals surface area contributed by atoms with Gasteiger partial charge in [-0.3, -0.25) is 9.00 Å². The Morgan fingerprint density at radius 1 is 1.25 bits per heavy atom. The first-order valence-electron chi connectivity index (χ1n) is 7.20. The molecule has 0 spiro atoms. The fourth-order valence-corrected chi connectivity index (χ4v) is 2.77. The predicted octanol–water partition coefficient (Wildman–Crippen LogP) is 2.38. The van der Waals surface area contributed by atoms with Gasteiger partial charge in [0.1, 0.15) is 17.1 Å². The zero-order valence-corrected chi connectivity index (χ0v) is 14.8. The summed E-state index contributed by atoms with van der Waals surface area (Å²) in [5.74, 6) is 0.277. The third kappa shape index (κ3) is 3.91. The van der Waals surface area contributed by atoms with Crippen molar-refractivity contribution >= 4 is 22.7 Å². The largest absolute Gasteiger partial charge is 0.465 e. The summed E-state index contributed by atoms with van der Waals surface area (Å²) in [6.45, 7) is 1.89. The number of carbonyl (C=O) groups excluding carboxylic acids is 2. The number of aryl methyl sites for hydroxylation is 1. The molecule has 0 aliphatic carbocycles. The molecule has 128 valence electrons. The van der Waals surface area contributed by atoms with E-state index in [1.54, 1.807) is 50.6 Å². The van der Waals surface area contributed by atoms with Crippen LogP contribution in [0, 0.1) is 6.92 Å². The SMILES string of the molecule is COC(=O)c1cc(CN(C)C(=O)c2ccc(S(C)=O)cc2)oc1C. The number of amides is 1. The maximum atomic E-state index is 12.4. The minimum Gasteiger partial charge on any atom is -0.465 e. The van der Waals surface area contributed by atoms with Gasteiger partial charge < -0.3 is 14.1 Å². The van der Waals surface area contributed by atoms with Crippen molar-refractivity contribution in [3.8, 4) is 0 Å². The van der Waals surface area contributed by atoms with Crippen LogP contribution in [0.3, 0.4) is 0 Å². The summed E-state index contributed by atoms with van der Waals surface area (Å²) in [6, 6.07) is 8.20. The lowest BCUT2D eigenvalue weighted by atomic mass is 10.2. The van der Waals surface area contributed by atoms with Crippen LogP contribution < -0.4 is 0 Å². The first kappa shape index (κ1) is 17.9. The van der Waals surface area contributed by atoms with Crippen molar-refractivity contribution in [1.82, 2.24) is 4.90 Å². The van der Waals surface area contributed by atoms with E-state index in [4.69, 9.17) is 4.42 Å². The number of methoxy groups -OCH3 is 1. The zero-order valence-electron chi connectivity index (χ0n) is 14.0. The van der Waals surface area contributed by atoms with Gasteiger partial charge >= 0.3 is 5.97 Å². The minimum atomic E-state index is -1.08. The number of carbonyl (C=O) groups is 2. The summed E-state index contributed by atoms with van der Waals surface area (Å²) in [5.41, 5.74) is 0.839. The molecule has 24 heavy (non-hydrogen) atoms. The van der Waals surface area contributed by atoms with Crippen molar-refractivity contribution < 1.29 is 23.0 Å². The van der Waals surface area contributed by atoms with Crippen LogP contribution in [0.1, 0.15) is 32.2 Å². The summed E-state index contributed by atoms with van der Waals surface area (Å²) in [5, 5.41) is 0. The number of ether oxygens (including phenoxy) is 1. The average Bonchev–Trinajstić information content (AvgIpc) is 2.93. The Hall–Kier alpha value is -2.41. The molecule has 1 aromatic carbocycles. The molecule has 0 bridgehead atoms. The van der Waals surface area contributed by atoms with E-state index in [0.717, 1.165) is 0 Å². The molecule has 1 unspecified atom stereocenters. The van der Waals surface area contributed by atoms with Crippen molar-refractivity contribution in [3.05, 3.63) is 53.0 Å². The van der Waals surface area contributed by atoms with Crippen molar-refractivity contribution in [1.29, 1.82) is 0 Å². The molecule has 0 saturated carbocycles. The van der Waals surface area contributed by atoms with Crippen molar-refractivity contribution in [3.63, 3.8) is 0 Å². The molecule has 1 atom stereocenters. The molecule has 1 amide bonds. The van der Waals surface area contributed by atoms with Crippen LogP contribution >= 0.6 is 0 Å². The Morgan fingerprint density at radius 3 is 2.42 bits per heavy atom. The lowest BCUT2D eigenvalue weighted by Gasteiger charge is -2.15. The molecule has 0 N–H and O–H groups in total.